The second-order valence-corrected chi connectivity index (χ2v) is 7.78. The average molecular weight is 383 g/mol. The molecule has 1 atom stereocenters. The largest absolute Gasteiger partial charge is 0.378 e. The lowest BCUT2D eigenvalue weighted by Crippen LogP contribution is -3.15. The van der Waals surface area contributed by atoms with Crippen molar-refractivity contribution in [2.75, 3.05) is 51.8 Å². The van der Waals surface area contributed by atoms with Crippen LogP contribution in [0.25, 0.3) is 0 Å². The molecule has 0 radical (unpaired) electrons. The molecule has 2 aromatic carbocycles. The SMILES string of the molecule is Cc1cccc(CC(=O)NC[C@H](c2ccc(N(C)C)cc2)[NH+]2CCOCC2)c1. The Morgan fingerprint density at radius 2 is 1.86 bits per heavy atom. The van der Waals surface area contributed by atoms with Gasteiger partial charge in [0.1, 0.15) is 19.1 Å². The summed E-state index contributed by atoms with van der Waals surface area (Å²) in [4.78, 5) is 16.1. The zero-order valence-corrected chi connectivity index (χ0v) is 17.2. The van der Waals surface area contributed by atoms with E-state index in [0.717, 1.165) is 31.9 Å². The number of rotatable bonds is 7. The molecule has 1 fully saturated rings. The second-order valence-electron chi connectivity index (χ2n) is 7.78. The Morgan fingerprint density at radius 3 is 2.50 bits per heavy atom. The topological polar surface area (TPSA) is 46.0 Å². The number of quaternary nitrogens is 1. The summed E-state index contributed by atoms with van der Waals surface area (Å²) in [6, 6.07) is 17.1. The fraction of sp³-hybridized carbons (Fsp3) is 0.435. The Balaban J connectivity index is 1.67. The Morgan fingerprint density at radius 1 is 1.14 bits per heavy atom. The molecule has 0 bridgehead atoms. The second kappa shape index (κ2) is 9.71. The zero-order valence-electron chi connectivity index (χ0n) is 17.2. The van der Waals surface area contributed by atoms with E-state index in [0.29, 0.717) is 13.0 Å². The van der Waals surface area contributed by atoms with Gasteiger partial charge in [-0.05, 0) is 24.6 Å². The molecule has 0 aliphatic carbocycles. The van der Waals surface area contributed by atoms with Gasteiger partial charge in [0.2, 0.25) is 5.91 Å². The first-order valence-electron chi connectivity index (χ1n) is 10.0. The molecule has 2 N–H and O–H groups in total. The van der Waals surface area contributed by atoms with Crippen molar-refractivity contribution in [3.63, 3.8) is 0 Å². The van der Waals surface area contributed by atoms with Crippen LogP contribution in [-0.2, 0) is 16.0 Å². The van der Waals surface area contributed by atoms with Gasteiger partial charge in [-0.15, -0.1) is 0 Å². The summed E-state index contributed by atoms with van der Waals surface area (Å²) in [5, 5.41) is 3.17. The number of carbonyl (C=O) groups is 1. The minimum atomic E-state index is 0.0770. The van der Waals surface area contributed by atoms with E-state index >= 15 is 0 Å². The number of anilines is 1. The lowest BCUT2D eigenvalue weighted by atomic mass is 10.0. The maximum absolute atomic E-state index is 12.5. The molecule has 1 saturated heterocycles. The van der Waals surface area contributed by atoms with Gasteiger partial charge in [-0.2, -0.15) is 0 Å². The smallest absolute Gasteiger partial charge is 0.224 e. The number of ether oxygens (including phenoxy) is 1. The van der Waals surface area contributed by atoms with Crippen molar-refractivity contribution < 1.29 is 14.4 Å². The van der Waals surface area contributed by atoms with Crippen LogP contribution in [0.1, 0.15) is 22.7 Å². The van der Waals surface area contributed by atoms with Crippen molar-refractivity contribution in [1.82, 2.24) is 5.32 Å². The van der Waals surface area contributed by atoms with Crippen LogP contribution in [0.15, 0.2) is 48.5 Å². The highest BCUT2D eigenvalue weighted by Crippen LogP contribution is 2.16. The third kappa shape index (κ3) is 5.57. The summed E-state index contributed by atoms with van der Waals surface area (Å²) in [7, 11) is 4.09. The quantitative estimate of drug-likeness (QED) is 0.761. The van der Waals surface area contributed by atoms with Gasteiger partial charge in [-0.3, -0.25) is 4.79 Å². The maximum Gasteiger partial charge on any atom is 0.224 e. The van der Waals surface area contributed by atoms with Crippen LogP contribution in [0, 0.1) is 6.92 Å². The van der Waals surface area contributed by atoms with Crippen molar-refractivity contribution >= 4 is 11.6 Å². The molecule has 2 aromatic rings. The van der Waals surface area contributed by atoms with Gasteiger partial charge in [0.05, 0.1) is 26.2 Å². The standard InChI is InChI=1S/C23H31N3O2/c1-18-5-4-6-19(15-18)16-23(27)24-17-22(26-11-13-28-14-12-26)20-7-9-21(10-8-20)25(2)3/h4-10,15,22H,11-14,16-17H2,1-3H3,(H,24,27)/p+1/t22-/m1/s1. The number of benzene rings is 2. The Bertz CT molecular complexity index is 768. The summed E-state index contributed by atoms with van der Waals surface area (Å²) < 4.78 is 5.54. The van der Waals surface area contributed by atoms with E-state index in [1.807, 2.05) is 26.2 Å². The first-order valence-corrected chi connectivity index (χ1v) is 10.0. The molecule has 5 heteroatoms. The molecule has 1 aliphatic rings. The Labute approximate surface area is 168 Å². The van der Waals surface area contributed by atoms with Crippen LogP contribution in [0.3, 0.4) is 0 Å². The van der Waals surface area contributed by atoms with Gasteiger partial charge in [-0.1, -0.05) is 42.0 Å². The molecule has 1 amide bonds. The fourth-order valence-electron chi connectivity index (χ4n) is 3.77. The number of hydrogen-bond acceptors (Lipinski definition) is 3. The maximum atomic E-state index is 12.5. The lowest BCUT2D eigenvalue weighted by Gasteiger charge is -2.32. The van der Waals surface area contributed by atoms with E-state index in [4.69, 9.17) is 4.74 Å². The van der Waals surface area contributed by atoms with Crippen LogP contribution < -0.4 is 15.1 Å². The lowest BCUT2D eigenvalue weighted by molar-refractivity contribution is -0.937. The molecule has 3 rings (SSSR count). The molecule has 0 spiro atoms. The summed E-state index contributed by atoms with van der Waals surface area (Å²) in [6.07, 6.45) is 0.423. The monoisotopic (exact) mass is 382 g/mol. The van der Waals surface area contributed by atoms with Crippen molar-refractivity contribution in [3.05, 3.63) is 65.2 Å². The van der Waals surface area contributed by atoms with Gasteiger partial charge in [-0.25, -0.2) is 0 Å². The minimum absolute atomic E-state index is 0.0770. The normalized spacial score (nSPS) is 15.8. The van der Waals surface area contributed by atoms with Gasteiger partial charge >= 0.3 is 0 Å². The average Bonchev–Trinajstić information content (AvgIpc) is 2.69. The first-order chi connectivity index (χ1) is 13.5. The molecule has 150 valence electrons. The predicted molar refractivity (Wildman–Crippen MR) is 113 cm³/mol. The van der Waals surface area contributed by atoms with E-state index in [2.05, 4.69) is 53.5 Å². The molecular formula is C23H32N3O2+. The molecule has 1 heterocycles. The molecule has 1 aliphatic heterocycles. The van der Waals surface area contributed by atoms with Gasteiger partial charge in [0, 0.05) is 25.3 Å². The highest BCUT2D eigenvalue weighted by atomic mass is 16.5. The van der Waals surface area contributed by atoms with Crippen molar-refractivity contribution in [2.24, 2.45) is 0 Å². The van der Waals surface area contributed by atoms with Crippen LogP contribution in [0.2, 0.25) is 0 Å². The molecule has 0 saturated carbocycles. The van der Waals surface area contributed by atoms with E-state index < -0.39 is 0 Å². The number of aryl methyl sites for hydroxylation is 1. The highest BCUT2D eigenvalue weighted by Gasteiger charge is 2.27. The van der Waals surface area contributed by atoms with E-state index in [1.54, 1.807) is 0 Å². The highest BCUT2D eigenvalue weighted by molar-refractivity contribution is 5.78. The van der Waals surface area contributed by atoms with E-state index in [1.165, 1.54) is 21.7 Å². The van der Waals surface area contributed by atoms with E-state index in [-0.39, 0.29) is 11.9 Å². The number of amides is 1. The number of nitrogens with zero attached hydrogens (tertiary/aromatic N) is 1. The van der Waals surface area contributed by atoms with Crippen molar-refractivity contribution in [2.45, 2.75) is 19.4 Å². The summed E-state index contributed by atoms with van der Waals surface area (Å²) >= 11 is 0. The molecule has 0 unspecified atom stereocenters. The van der Waals surface area contributed by atoms with Crippen LogP contribution >= 0.6 is 0 Å². The van der Waals surface area contributed by atoms with Crippen LogP contribution in [-0.4, -0.2) is 52.9 Å². The number of hydrogen-bond donors (Lipinski definition) is 2. The third-order valence-electron chi connectivity index (χ3n) is 5.39. The first kappa shape index (κ1) is 20.4. The van der Waals surface area contributed by atoms with Gasteiger partial charge in [0.25, 0.3) is 0 Å². The third-order valence-corrected chi connectivity index (χ3v) is 5.39. The predicted octanol–water partition coefficient (Wildman–Crippen LogP) is 1.38. The van der Waals surface area contributed by atoms with Gasteiger partial charge in [0.15, 0.2) is 0 Å². The summed E-state index contributed by atoms with van der Waals surface area (Å²) in [5.74, 6) is 0.0770. The zero-order chi connectivity index (χ0) is 19.9. The fourth-order valence-corrected chi connectivity index (χ4v) is 3.77. The van der Waals surface area contributed by atoms with Gasteiger partial charge < -0.3 is 19.9 Å². The molecule has 5 nitrogen and oxygen atoms in total. The van der Waals surface area contributed by atoms with Crippen molar-refractivity contribution in [1.29, 1.82) is 0 Å². The number of nitrogens with one attached hydrogen (secondary N) is 2. The summed E-state index contributed by atoms with van der Waals surface area (Å²) in [6.45, 7) is 6.18. The molecular weight excluding hydrogens is 350 g/mol. The van der Waals surface area contributed by atoms with Crippen LogP contribution in [0.5, 0.6) is 0 Å². The van der Waals surface area contributed by atoms with E-state index in [9.17, 15) is 4.79 Å². The summed E-state index contributed by atoms with van der Waals surface area (Å²) in [5.41, 5.74) is 4.69. The van der Waals surface area contributed by atoms with Crippen LogP contribution in [0.4, 0.5) is 5.69 Å². The number of carbonyl (C=O) groups excluding carboxylic acids is 1. The molecule has 28 heavy (non-hydrogen) atoms. The van der Waals surface area contributed by atoms with Crippen molar-refractivity contribution in [3.8, 4) is 0 Å². The molecule has 0 aromatic heterocycles. The Hall–Kier alpha value is -2.37. The Kier molecular flexibility index (Phi) is 7.06. The minimum Gasteiger partial charge on any atom is -0.378 e. The number of morpholine rings is 1.